The second-order valence-electron chi connectivity index (χ2n) is 8.33. The van der Waals surface area contributed by atoms with Crippen LogP contribution in [-0.2, 0) is 20.8 Å². The molecular weight excluding hydrogens is 451 g/mol. The number of nitrogens with two attached hydrogens (primary N) is 1. The van der Waals surface area contributed by atoms with E-state index in [0.29, 0.717) is 6.04 Å². The number of rotatable bonds is 8. The van der Waals surface area contributed by atoms with E-state index in [4.69, 9.17) is 15.6 Å². The number of alkyl halides is 3. The summed E-state index contributed by atoms with van der Waals surface area (Å²) in [5, 5.41) is 10.1. The van der Waals surface area contributed by atoms with Gasteiger partial charge in [0, 0.05) is 25.2 Å². The first kappa shape index (κ1) is 29.2. The number of nitrogens with zero attached hydrogens (tertiary/aromatic N) is 1. The molecule has 0 spiro atoms. The lowest BCUT2D eigenvalue weighted by atomic mass is 9.94. The number of halogens is 3. The van der Waals surface area contributed by atoms with Gasteiger partial charge in [0.1, 0.15) is 0 Å². The van der Waals surface area contributed by atoms with Crippen LogP contribution in [0.25, 0.3) is 0 Å². The molecule has 2 rings (SSSR count). The van der Waals surface area contributed by atoms with Crippen LogP contribution < -0.4 is 11.1 Å². The van der Waals surface area contributed by atoms with Crippen LogP contribution in [0.4, 0.5) is 13.2 Å². The van der Waals surface area contributed by atoms with Crippen molar-refractivity contribution in [1.29, 1.82) is 0 Å². The summed E-state index contributed by atoms with van der Waals surface area (Å²) in [5.74, 6) is -2.96. The lowest BCUT2D eigenvalue weighted by molar-refractivity contribution is -0.192. The van der Waals surface area contributed by atoms with Crippen LogP contribution in [0, 0.1) is 0 Å². The van der Waals surface area contributed by atoms with Gasteiger partial charge in [-0.25, -0.2) is 4.79 Å². The molecule has 2 amide bonds. The third kappa shape index (κ3) is 11.3. The molecule has 190 valence electrons. The lowest BCUT2D eigenvalue weighted by Gasteiger charge is -2.30. The molecule has 7 nitrogen and oxygen atoms in total. The number of carboxylic acids is 1. The Morgan fingerprint density at radius 3 is 2.24 bits per heavy atom. The van der Waals surface area contributed by atoms with Crippen molar-refractivity contribution < 1.29 is 32.7 Å². The number of nitrogens with one attached hydrogen (secondary N) is 1. The van der Waals surface area contributed by atoms with Crippen LogP contribution in [0.2, 0.25) is 0 Å². The molecule has 1 fully saturated rings. The van der Waals surface area contributed by atoms with Crippen LogP contribution in [0.3, 0.4) is 0 Å². The first-order valence-corrected chi connectivity index (χ1v) is 11.3. The van der Waals surface area contributed by atoms with Crippen molar-refractivity contribution in [1.82, 2.24) is 10.2 Å². The van der Waals surface area contributed by atoms with Crippen LogP contribution in [0.5, 0.6) is 0 Å². The number of aryl methyl sites for hydroxylation is 1. The van der Waals surface area contributed by atoms with Crippen LogP contribution in [0.1, 0.15) is 51.0 Å². The second-order valence-corrected chi connectivity index (χ2v) is 8.33. The van der Waals surface area contributed by atoms with Gasteiger partial charge in [0.15, 0.2) is 0 Å². The van der Waals surface area contributed by atoms with Gasteiger partial charge in [-0.1, -0.05) is 55.7 Å². The molecule has 0 heterocycles. The van der Waals surface area contributed by atoms with E-state index in [1.807, 2.05) is 36.2 Å². The maximum atomic E-state index is 12.5. The van der Waals surface area contributed by atoms with Gasteiger partial charge >= 0.3 is 12.1 Å². The minimum atomic E-state index is -5.08. The summed E-state index contributed by atoms with van der Waals surface area (Å²) < 4.78 is 31.7. The zero-order valence-corrected chi connectivity index (χ0v) is 19.6. The van der Waals surface area contributed by atoms with E-state index >= 15 is 0 Å². The third-order valence-corrected chi connectivity index (χ3v) is 5.51. The number of aliphatic carboxylic acids is 1. The minimum Gasteiger partial charge on any atom is -0.475 e. The Kier molecular flexibility index (Phi) is 12.3. The molecule has 2 atom stereocenters. The van der Waals surface area contributed by atoms with Crippen molar-refractivity contribution in [3.8, 4) is 0 Å². The van der Waals surface area contributed by atoms with Gasteiger partial charge in [0.05, 0.1) is 6.04 Å². The smallest absolute Gasteiger partial charge is 0.475 e. The number of likely N-dealkylation sites (N-methyl/N-ethyl adjacent to an activating group) is 1. The summed E-state index contributed by atoms with van der Waals surface area (Å²) in [7, 11) is 1.88. The summed E-state index contributed by atoms with van der Waals surface area (Å²) in [6.45, 7) is 1.66. The summed E-state index contributed by atoms with van der Waals surface area (Å²) >= 11 is 0. The van der Waals surface area contributed by atoms with Crippen molar-refractivity contribution in [3.05, 3.63) is 48.0 Å². The highest BCUT2D eigenvalue weighted by Gasteiger charge is 2.38. The van der Waals surface area contributed by atoms with Gasteiger partial charge in [-0.05, 0) is 38.2 Å². The molecule has 0 unspecified atom stereocenters. The van der Waals surface area contributed by atoms with E-state index in [0.717, 1.165) is 25.7 Å². The maximum absolute atomic E-state index is 12.5. The average Bonchev–Trinajstić information content (AvgIpc) is 2.80. The van der Waals surface area contributed by atoms with Gasteiger partial charge in [0.25, 0.3) is 0 Å². The highest BCUT2D eigenvalue weighted by atomic mass is 19.4. The maximum Gasteiger partial charge on any atom is 0.490 e. The Labute approximate surface area is 198 Å². The fourth-order valence-electron chi connectivity index (χ4n) is 3.46. The fraction of sp³-hybridized carbons (Fsp3) is 0.542. The number of carbonyl (C=O) groups is 3. The number of benzene rings is 1. The Hall–Kier alpha value is -2.88. The second kappa shape index (κ2) is 14.4. The predicted octanol–water partition coefficient (Wildman–Crippen LogP) is 3.43. The zero-order valence-electron chi connectivity index (χ0n) is 19.6. The van der Waals surface area contributed by atoms with Crippen molar-refractivity contribution in [2.24, 2.45) is 5.73 Å². The molecule has 1 aliphatic rings. The monoisotopic (exact) mass is 485 g/mol. The Morgan fingerprint density at radius 1 is 1.18 bits per heavy atom. The quantitative estimate of drug-likeness (QED) is 0.489. The predicted molar refractivity (Wildman–Crippen MR) is 123 cm³/mol. The summed E-state index contributed by atoms with van der Waals surface area (Å²) in [6, 6.07) is 9.67. The number of hydrogen-bond acceptors (Lipinski definition) is 4. The van der Waals surface area contributed by atoms with Gasteiger partial charge in [-0.15, -0.1) is 0 Å². The third-order valence-electron chi connectivity index (χ3n) is 5.51. The molecule has 4 N–H and O–H groups in total. The van der Waals surface area contributed by atoms with Crippen molar-refractivity contribution in [2.45, 2.75) is 76.2 Å². The number of hydrogen-bond donors (Lipinski definition) is 3. The van der Waals surface area contributed by atoms with E-state index in [1.54, 1.807) is 13.0 Å². The summed E-state index contributed by atoms with van der Waals surface area (Å²) in [6.07, 6.45) is 5.67. The minimum absolute atomic E-state index is 0.00153. The van der Waals surface area contributed by atoms with Gasteiger partial charge in [0.2, 0.25) is 11.8 Å². The van der Waals surface area contributed by atoms with Gasteiger partial charge < -0.3 is 21.1 Å². The molecule has 1 aliphatic carbocycles. The lowest BCUT2D eigenvalue weighted by Crippen LogP contribution is -2.43. The highest BCUT2D eigenvalue weighted by molar-refractivity contribution is 5.88. The Morgan fingerprint density at radius 2 is 1.74 bits per heavy atom. The summed E-state index contributed by atoms with van der Waals surface area (Å²) in [5.41, 5.74) is 6.89. The SMILES string of the molecule is C[C@H](N)C(=O)N[C@H](/C=C/C(=O)N(C)C1CCCCC1)CCc1ccccc1.O=C(O)C(F)(F)F. The fourth-order valence-corrected chi connectivity index (χ4v) is 3.46. The van der Waals surface area contributed by atoms with E-state index in [2.05, 4.69) is 17.4 Å². The van der Waals surface area contributed by atoms with Crippen molar-refractivity contribution in [3.63, 3.8) is 0 Å². The summed E-state index contributed by atoms with van der Waals surface area (Å²) in [4.78, 5) is 35.3. The molecular formula is C24H34F3N3O4. The largest absolute Gasteiger partial charge is 0.490 e. The van der Waals surface area contributed by atoms with E-state index in [1.165, 1.54) is 24.8 Å². The molecule has 0 bridgehead atoms. The van der Waals surface area contributed by atoms with Crippen LogP contribution in [-0.4, -0.2) is 59.1 Å². The zero-order chi connectivity index (χ0) is 25.7. The molecule has 10 heteroatoms. The molecule has 34 heavy (non-hydrogen) atoms. The van der Waals surface area contributed by atoms with Crippen LogP contribution in [0.15, 0.2) is 42.5 Å². The van der Waals surface area contributed by atoms with Crippen molar-refractivity contribution in [2.75, 3.05) is 7.05 Å². The molecule has 0 aliphatic heterocycles. The molecule has 1 aromatic carbocycles. The first-order valence-electron chi connectivity index (χ1n) is 11.3. The number of amides is 2. The first-order chi connectivity index (χ1) is 15.9. The molecule has 0 saturated heterocycles. The number of carbonyl (C=O) groups excluding carboxylic acids is 2. The molecule has 1 aromatic rings. The Balaban J connectivity index is 0.000000718. The number of carboxylic acid groups (broad SMARTS) is 1. The topological polar surface area (TPSA) is 113 Å². The molecule has 0 radical (unpaired) electrons. The highest BCUT2D eigenvalue weighted by Crippen LogP contribution is 2.21. The standard InChI is InChI=1S/C22H33N3O2.C2HF3O2/c1-17(23)22(27)24-19(14-13-18-9-5-3-6-10-18)15-16-21(26)25(2)20-11-7-4-8-12-20;3-2(4,5)1(6)7/h3,5-6,9-10,15-17,19-20H,4,7-8,11-14,23H2,1-2H3,(H,24,27);(H,6,7)/b16-15+;/t17-,19-;/m0./s1. The van der Waals surface area contributed by atoms with E-state index in [9.17, 15) is 22.8 Å². The van der Waals surface area contributed by atoms with Crippen LogP contribution >= 0.6 is 0 Å². The Bertz CT molecular complexity index is 807. The van der Waals surface area contributed by atoms with E-state index < -0.39 is 18.2 Å². The van der Waals surface area contributed by atoms with Gasteiger partial charge in [-0.2, -0.15) is 13.2 Å². The van der Waals surface area contributed by atoms with E-state index in [-0.39, 0.29) is 17.9 Å². The molecule has 1 saturated carbocycles. The van der Waals surface area contributed by atoms with Crippen molar-refractivity contribution >= 4 is 17.8 Å². The van der Waals surface area contributed by atoms with Gasteiger partial charge in [-0.3, -0.25) is 9.59 Å². The molecule has 0 aromatic heterocycles. The normalized spacial score (nSPS) is 16.2. The average molecular weight is 486 g/mol.